The Morgan fingerprint density at radius 1 is 1.17 bits per heavy atom. The number of carbonyl (C=O) groups is 2. The number of methoxy groups -OCH3 is 1. The molecule has 3 fully saturated rings. The van der Waals surface area contributed by atoms with E-state index in [1.807, 2.05) is 28.0 Å². The van der Waals surface area contributed by atoms with E-state index in [1.54, 1.807) is 7.11 Å². The van der Waals surface area contributed by atoms with Gasteiger partial charge in [-0.3, -0.25) is 9.59 Å². The van der Waals surface area contributed by atoms with Gasteiger partial charge in [0.15, 0.2) is 0 Å². The summed E-state index contributed by atoms with van der Waals surface area (Å²) in [6.07, 6.45) is 3.58. The first-order valence-corrected chi connectivity index (χ1v) is 13.1. The number of hydrogen-bond acceptors (Lipinski definition) is 7. The van der Waals surface area contributed by atoms with E-state index in [2.05, 4.69) is 11.0 Å². The highest BCUT2D eigenvalue weighted by Gasteiger charge is 2.30. The molecule has 3 aliphatic heterocycles. The summed E-state index contributed by atoms with van der Waals surface area (Å²) in [7, 11) is 1.66. The van der Waals surface area contributed by atoms with Crippen LogP contribution in [0.4, 0.5) is 5.82 Å². The van der Waals surface area contributed by atoms with Gasteiger partial charge in [-0.05, 0) is 43.9 Å². The lowest BCUT2D eigenvalue weighted by Gasteiger charge is -2.32. The van der Waals surface area contributed by atoms with Gasteiger partial charge in [0.25, 0.3) is 5.91 Å². The zero-order valence-electron chi connectivity index (χ0n) is 21.1. The van der Waals surface area contributed by atoms with Gasteiger partial charge in [0.05, 0.1) is 25.8 Å². The number of benzene rings is 1. The Balaban J connectivity index is 1.42. The summed E-state index contributed by atoms with van der Waals surface area (Å²) in [5.41, 5.74) is 1.88. The van der Waals surface area contributed by atoms with Crippen molar-refractivity contribution in [3.05, 3.63) is 29.8 Å². The first kappa shape index (κ1) is 24.8. The molecule has 3 aliphatic rings. The van der Waals surface area contributed by atoms with Gasteiger partial charge in [-0.25, -0.2) is 4.98 Å². The van der Waals surface area contributed by atoms with Crippen molar-refractivity contribution < 1.29 is 23.8 Å². The molecule has 4 heterocycles. The van der Waals surface area contributed by atoms with E-state index in [9.17, 15) is 9.59 Å². The van der Waals surface area contributed by atoms with Gasteiger partial charge in [0, 0.05) is 69.3 Å². The van der Waals surface area contributed by atoms with Crippen LogP contribution in [-0.4, -0.2) is 92.4 Å². The highest BCUT2D eigenvalue weighted by atomic mass is 16.5. The third kappa shape index (κ3) is 5.57. The van der Waals surface area contributed by atoms with E-state index in [-0.39, 0.29) is 17.9 Å². The number of rotatable bonds is 9. The van der Waals surface area contributed by atoms with Crippen molar-refractivity contribution in [1.29, 1.82) is 0 Å². The Labute approximate surface area is 212 Å². The number of pyridine rings is 1. The average Bonchev–Trinajstić information content (AvgIpc) is 3.60. The SMILES string of the molecule is COc1ccc2cc(CN(CCCN3CCCC3=O)C(=O)C3CCCO3)c(N3CCOCC3)nc2c1. The minimum Gasteiger partial charge on any atom is -0.497 e. The number of carbonyl (C=O) groups excluding carboxylic acids is 2. The second kappa shape index (κ2) is 11.4. The van der Waals surface area contributed by atoms with E-state index in [1.165, 1.54) is 0 Å². The number of ether oxygens (including phenoxy) is 3. The van der Waals surface area contributed by atoms with Crippen molar-refractivity contribution in [1.82, 2.24) is 14.8 Å². The smallest absolute Gasteiger partial charge is 0.252 e. The van der Waals surface area contributed by atoms with Crippen LogP contribution >= 0.6 is 0 Å². The summed E-state index contributed by atoms with van der Waals surface area (Å²) in [6, 6.07) is 8.04. The Kier molecular flexibility index (Phi) is 7.87. The van der Waals surface area contributed by atoms with Crippen molar-refractivity contribution in [2.75, 3.05) is 64.6 Å². The lowest BCUT2D eigenvalue weighted by Crippen LogP contribution is -2.41. The van der Waals surface area contributed by atoms with Gasteiger partial charge >= 0.3 is 0 Å². The fraction of sp³-hybridized carbons (Fsp3) is 0.593. The molecule has 2 amide bonds. The number of anilines is 1. The molecule has 194 valence electrons. The van der Waals surface area contributed by atoms with Crippen molar-refractivity contribution in [3.8, 4) is 5.75 Å². The number of morpholine rings is 1. The molecule has 2 aromatic rings. The Morgan fingerprint density at radius 3 is 2.75 bits per heavy atom. The van der Waals surface area contributed by atoms with Crippen molar-refractivity contribution >= 4 is 28.5 Å². The molecule has 0 bridgehead atoms. The number of hydrogen-bond donors (Lipinski definition) is 0. The van der Waals surface area contributed by atoms with Crippen LogP contribution in [0.2, 0.25) is 0 Å². The molecular weight excluding hydrogens is 460 g/mol. The number of likely N-dealkylation sites (tertiary alicyclic amines) is 1. The van der Waals surface area contributed by atoms with Gasteiger partial charge in [0.1, 0.15) is 17.7 Å². The van der Waals surface area contributed by atoms with Gasteiger partial charge in [-0.15, -0.1) is 0 Å². The number of nitrogens with zero attached hydrogens (tertiary/aromatic N) is 4. The Morgan fingerprint density at radius 2 is 2.03 bits per heavy atom. The second-order valence-electron chi connectivity index (χ2n) is 9.73. The fourth-order valence-electron chi connectivity index (χ4n) is 5.31. The maximum atomic E-state index is 13.5. The monoisotopic (exact) mass is 496 g/mol. The molecule has 3 saturated heterocycles. The maximum Gasteiger partial charge on any atom is 0.252 e. The summed E-state index contributed by atoms with van der Waals surface area (Å²) >= 11 is 0. The molecule has 0 N–H and O–H groups in total. The summed E-state index contributed by atoms with van der Waals surface area (Å²) in [5, 5.41) is 1.01. The Hall–Kier alpha value is -2.91. The van der Waals surface area contributed by atoms with Gasteiger partial charge in [-0.2, -0.15) is 0 Å². The normalized spacial score (nSPS) is 20.4. The molecule has 5 rings (SSSR count). The topological polar surface area (TPSA) is 84.4 Å². The fourth-order valence-corrected chi connectivity index (χ4v) is 5.31. The molecule has 1 aromatic heterocycles. The predicted molar refractivity (Wildman–Crippen MR) is 136 cm³/mol. The maximum absolute atomic E-state index is 13.5. The van der Waals surface area contributed by atoms with E-state index in [0.717, 1.165) is 73.4 Å². The van der Waals surface area contributed by atoms with Crippen molar-refractivity contribution in [2.24, 2.45) is 0 Å². The van der Waals surface area contributed by atoms with Crippen molar-refractivity contribution in [3.63, 3.8) is 0 Å². The van der Waals surface area contributed by atoms with Crippen LogP contribution in [-0.2, 0) is 25.6 Å². The molecule has 0 radical (unpaired) electrons. The third-order valence-electron chi connectivity index (χ3n) is 7.30. The van der Waals surface area contributed by atoms with E-state index < -0.39 is 0 Å². The van der Waals surface area contributed by atoms with Crippen LogP contribution < -0.4 is 9.64 Å². The summed E-state index contributed by atoms with van der Waals surface area (Å²) in [4.78, 5) is 36.7. The lowest BCUT2D eigenvalue weighted by atomic mass is 10.1. The minimum absolute atomic E-state index is 0.0306. The average molecular weight is 497 g/mol. The summed E-state index contributed by atoms with van der Waals surface area (Å²) < 4.78 is 16.8. The second-order valence-corrected chi connectivity index (χ2v) is 9.73. The number of fused-ring (bicyclic) bond motifs is 1. The molecule has 36 heavy (non-hydrogen) atoms. The van der Waals surface area contributed by atoms with Crippen LogP contribution in [0.5, 0.6) is 5.75 Å². The van der Waals surface area contributed by atoms with Crippen LogP contribution in [0.3, 0.4) is 0 Å². The lowest BCUT2D eigenvalue weighted by molar-refractivity contribution is -0.141. The molecule has 1 atom stereocenters. The zero-order valence-corrected chi connectivity index (χ0v) is 21.1. The molecular formula is C27H36N4O5. The summed E-state index contributed by atoms with van der Waals surface area (Å²) in [5.74, 6) is 1.90. The highest BCUT2D eigenvalue weighted by Crippen LogP contribution is 2.29. The van der Waals surface area contributed by atoms with Crippen LogP contribution in [0.1, 0.15) is 37.7 Å². The Bertz CT molecular complexity index is 1080. The standard InChI is InChI=1S/C27H36N4O5/c1-34-22-8-7-20-17-21(26(28-23(20)18-22)30-12-15-35-16-13-30)19-31(27(33)24-5-3-14-36-24)11-4-10-29-9-2-6-25(29)32/h7-8,17-18,24H,2-6,9-16,19H2,1H3. The molecule has 1 unspecified atom stereocenters. The van der Waals surface area contributed by atoms with Gasteiger partial charge in [-0.1, -0.05) is 0 Å². The molecule has 9 nitrogen and oxygen atoms in total. The van der Waals surface area contributed by atoms with E-state index in [0.29, 0.717) is 45.9 Å². The third-order valence-corrected chi connectivity index (χ3v) is 7.30. The largest absolute Gasteiger partial charge is 0.497 e. The van der Waals surface area contributed by atoms with Crippen LogP contribution in [0.25, 0.3) is 10.9 Å². The number of amides is 2. The van der Waals surface area contributed by atoms with Crippen LogP contribution in [0, 0.1) is 0 Å². The highest BCUT2D eigenvalue weighted by molar-refractivity contribution is 5.84. The van der Waals surface area contributed by atoms with E-state index in [4.69, 9.17) is 19.2 Å². The molecule has 1 aromatic carbocycles. The molecule has 9 heteroatoms. The van der Waals surface area contributed by atoms with Crippen molar-refractivity contribution in [2.45, 2.75) is 44.8 Å². The van der Waals surface area contributed by atoms with Gasteiger partial charge in [0.2, 0.25) is 5.91 Å². The molecule has 0 saturated carbocycles. The first-order valence-electron chi connectivity index (χ1n) is 13.1. The van der Waals surface area contributed by atoms with Crippen LogP contribution in [0.15, 0.2) is 24.3 Å². The van der Waals surface area contributed by atoms with Gasteiger partial charge < -0.3 is 28.9 Å². The molecule has 0 aliphatic carbocycles. The minimum atomic E-state index is -0.386. The zero-order chi connectivity index (χ0) is 24.9. The number of aromatic nitrogens is 1. The summed E-state index contributed by atoms with van der Waals surface area (Å²) in [6.45, 7) is 5.97. The molecule has 0 spiro atoms. The first-order chi connectivity index (χ1) is 17.6. The van der Waals surface area contributed by atoms with E-state index >= 15 is 0 Å². The quantitative estimate of drug-likeness (QED) is 0.528. The predicted octanol–water partition coefficient (Wildman–Crippen LogP) is 2.60.